The number of likely N-dealkylation sites (tertiary alicyclic amines) is 1. The van der Waals surface area contributed by atoms with Crippen LogP contribution in [0.15, 0.2) is 0 Å². The third-order valence-corrected chi connectivity index (χ3v) is 3.73. The van der Waals surface area contributed by atoms with Crippen molar-refractivity contribution < 1.29 is 4.79 Å². The van der Waals surface area contributed by atoms with Crippen molar-refractivity contribution >= 4 is 30.7 Å². The van der Waals surface area contributed by atoms with Gasteiger partial charge in [0.25, 0.3) is 0 Å². The predicted molar refractivity (Wildman–Crippen MR) is 83.4 cm³/mol. The molecule has 19 heavy (non-hydrogen) atoms. The van der Waals surface area contributed by atoms with Crippen molar-refractivity contribution in [3.05, 3.63) is 0 Å². The fourth-order valence-electron chi connectivity index (χ4n) is 2.45. The molecule has 4 nitrogen and oxygen atoms in total. The van der Waals surface area contributed by atoms with Crippen LogP contribution in [-0.2, 0) is 4.79 Å². The maximum Gasteiger partial charge on any atom is 0.234 e. The van der Waals surface area contributed by atoms with Gasteiger partial charge in [0, 0.05) is 12.6 Å². The molecule has 6 heteroatoms. The molecule has 1 aliphatic carbocycles. The highest BCUT2D eigenvalue weighted by atomic mass is 35.5. The van der Waals surface area contributed by atoms with Crippen molar-refractivity contribution in [2.45, 2.75) is 38.6 Å². The molecular weight excluding hydrogens is 285 g/mol. The van der Waals surface area contributed by atoms with Gasteiger partial charge in [-0.05, 0) is 51.2 Å². The molecule has 0 radical (unpaired) electrons. The number of hydrogen-bond acceptors (Lipinski definition) is 3. The van der Waals surface area contributed by atoms with E-state index >= 15 is 0 Å². The molecule has 0 aromatic rings. The minimum Gasteiger partial charge on any atom is -0.351 e. The summed E-state index contributed by atoms with van der Waals surface area (Å²) in [4.78, 5) is 14.1. The van der Waals surface area contributed by atoms with Crippen molar-refractivity contribution in [1.82, 2.24) is 15.5 Å². The number of nitrogens with one attached hydrogen (secondary N) is 2. The molecule has 1 unspecified atom stereocenters. The van der Waals surface area contributed by atoms with Gasteiger partial charge in [0.1, 0.15) is 0 Å². The maximum absolute atomic E-state index is 11.7. The summed E-state index contributed by atoms with van der Waals surface area (Å²) in [5.41, 5.74) is 0. The zero-order chi connectivity index (χ0) is 12.1. The van der Waals surface area contributed by atoms with E-state index in [-0.39, 0.29) is 30.7 Å². The van der Waals surface area contributed by atoms with E-state index in [4.69, 9.17) is 0 Å². The summed E-state index contributed by atoms with van der Waals surface area (Å²) in [5.74, 6) is 1.00. The summed E-state index contributed by atoms with van der Waals surface area (Å²) < 4.78 is 0. The van der Waals surface area contributed by atoms with Crippen LogP contribution in [0.3, 0.4) is 0 Å². The molecule has 1 heterocycles. The number of likely N-dealkylation sites (N-methyl/N-ethyl adjacent to an activating group) is 1. The molecule has 0 aromatic heterocycles. The number of carbonyl (C=O) groups excluding carboxylic acids is 1. The lowest BCUT2D eigenvalue weighted by Gasteiger charge is -2.32. The number of halogens is 2. The van der Waals surface area contributed by atoms with E-state index in [2.05, 4.69) is 22.5 Å². The Labute approximate surface area is 128 Å². The van der Waals surface area contributed by atoms with Gasteiger partial charge < -0.3 is 15.5 Å². The van der Waals surface area contributed by atoms with Crippen LogP contribution < -0.4 is 10.6 Å². The fourth-order valence-corrected chi connectivity index (χ4v) is 2.45. The Balaban J connectivity index is 0.00000162. The lowest BCUT2D eigenvalue weighted by molar-refractivity contribution is -0.121. The van der Waals surface area contributed by atoms with Crippen LogP contribution in [0.5, 0.6) is 0 Å². The third kappa shape index (κ3) is 7.35. The normalized spacial score (nSPS) is 23.1. The molecule has 0 spiro atoms. The average molecular weight is 312 g/mol. The molecular formula is C13H27Cl2N3O. The SMILES string of the molecule is CCN1CCCC(NC(=O)CNCC2CC2)C1.Cl.Cl. The van der Waals surface area contributed by atoms with Crippen LogP contribution in [0, 0.1) is 5.92 Å². The van der Waals surface area contributed by atoms with Crippen molar-refractivity contribution in [1.29, 1.82) is 0 Å². The summed E-state index contributed by atoms with van der Waals surface area (Å²) in [6.07, 6.45) is 5.00. The second kappa shape index (κ2) is 9.81. The van der Waals surface area contributed by atoms with E-state index in [1.165, 1.54) is 25.8 Å². The lowest BCUT2D eigenvalue weighted by Crippen LogP contribution is -2.49. The standard InChI is InChI=1S/C13H25N3O.2ClH/c1-2-16-7-3-4-12(10-16)15-13(17)9-14-8-11-5-6-11;;/h11-12,14H,2-10H2,1H3,(H,15,17);2*1H. The molecule has 1 atom stereocenters. The Hall–Kier alpha value is -0.0300. The van der Waals surface area contributed by atoms with Crippen molar-refractivity contribution in [3.63, 3.8) is 0 Å². The van der Waals surface area contributed by atoms with E-state index in [9.17, 15) is 4.79 Å². The highest BCUT2D eigenvalue weighted by molar-refractivity contribution is 5.85. The molecule has 2 fully saturated rings. The van der Waals surface area contributed by atoms with Gasteiger partial charge >= 0.3 is 0 Å². The number of piperidine rings is 1. The van der Waals surface area contributed by atoms with E-state index in [1.807, 2.05) is 0 Å². The Morgan fingerprint density at radius 2 is 2.00 bits per heavy atom. The first-order valence-electron chi connectivity index (χ1n) is 7.00. The summed E-state index contributed by atoms with van der Waals surface area (Å²) in [5, 5.41) is 6.37. The van der Waals surface area contributed by atoms with Crippen LogP contribution in [0.2, 0.25) is 0 Å². The number of rotatable bonds is 6. The minimum atomic E-state index is 0. The number of amides is 1. The molecule has 2 rings (SSSR count). The Morgan fingerprint density at radius 1 is 1.26 bits per heavy atom. The van der Waals surface area contributed by atoms with Gasteiger partial charge in [-0.1, -0.05) is 6.92 Å². The first-order valence-corrected chi connectivity index (χ1v) is 7.00. The Morgan fingerprint density at radius 3 is 2.63 bits per heavy atom. The molecule has 0 aromatic carbocycles. The second-order valence-corrected chi connectivity index (χ2v) is 5.37. The molecule has 1 amide bonds. The second-order valence-electron chi connectivity index (χ2n) is 5.37. The van der Waals surface area contributed by atoms with Crippen LogP contribution in [0.25, 0.3) is 0 Å². The van der Waals surface area contributed by atoms with Crippen LogP contribution >= 0.6 is 24.8 Å². The number of nitrogens with zero attached hydrogens (tertiary/aromatic N) is 1. The quantitative estimate of drug-likeness (QED) is 0.780. The number of hydrogen-bond donors (Lipinski definition) is 2. The molecule has 1 saturated carbocycles. The fraction of sp³-hybridized carbons (Fsp3) is 0.923. The smallest absolute Gasteiger partial charge is 0.234 e. The molecule has 2 aliphatic rings. The molecule has 1 saturated heterocycles. The first kappa shape index (κ1) is 19.0. The zero-order valence-electron chi connectivity index (χ0n) is 11.7. The molecule has 0 bridgehead atoms. The predicted octanol–water partition coefficient (Wildman–Crippen LogP) is 1.43. The summed E-state index contributed by atoms with van der Waals surface area (Å²) in [6.45, 7) is 6.97. The van der Waals surface area contributed by atoms with E-state index in [1.54, 1.807) is 0 Å². The topological polar surface area (TPSA) is 44.4 Å². The van der Waals surface area contributed by atoms with Gasteiger partial charge in [0.05, 0.1) is 6.54 Å². The van der Waals surface area contributed by atoms with E-state index in [0.29, 0.717) is 12.6 Å². The van der Waals surface area contributed by atoms with Gasteiger partial charge in [0.15, 0.2) is 0 Å². The summed E-state index contributed by atoms with van der Waals surface area (Å²) in [7, 11) is 0. The van der Waals surface area contributed by atoms with Gasteiger partial charge in [-0.2, -0.15) is 0 Å². The van der Waals surface area contributed by atoms with Gasteiger partial charge in [-0.15, -0.1) is 24.8 Å². The van der Waals surface area contributed by atoms with Crippen molar-refractivity contribution in [2.75, 3.05) is 32.7 Å². The van der Waals surface area contributed by atoms with Gasteiger partial charge in [-0.3, -0.25) is 4.79 Å². The molecule has 2 N–H and O–H groups in total. The average Bonchev–Trinajstić information content (AvgIpc) is 3.13. The molecule has 114 valence electrons. The third-order valence-electron chi connectivity index (χ3n) is 3.73. The Bertz CT molecular complexity index is 262. The van der Waals surface area contributed by atoms with Gasteiger partial charge in [-0.25, -0.2) is 0 Å². The highest BCUT2D eigenvalue weighted by Gasteiger charge is 2.22. The van der Waals surface area contributed by atoms with Crippen molar-refractivity contribution in [3.8, 4) is 0 Å². The first-order chi connectivity index (χ1) is 8.28. The molecule has 1 aliphatic heterocycles. The summed E-state index contributed by atoms with van der Waals surface area (Å²) in [6, 6.07) is 0.360. The van der Waals surface area contributed by atoms with Crippen LogP contribution in [0.1, 0.15) is 32.6 Å². The van der Waals surface area contributed by atoms with Crippen molar-refractivity contribution in [2.24, 2.45) is 5.92 Å². The monoisotopic (exact) mass is 311 g/mol. The van der Waals surface area contributed by atoms with Crippen LogP contribution in [-0.4, -0.2) is 49.6 Å². The number of carbonyl (C=O) groups is 1. The van der Waals surface area contributed by atoms with E-state index < -0.39 is 0 Å². The largest absolute Gasteiger partial charge is 0.351 e. The minimum absolute atomic E-state index is 0. The Kier molecular flexibility index (Phi) is 9.79. The van der Waals surface area contributed by atoms with Gasteiger partial charge in [0.2, 0.25) is 5.91 Å². The summed E-state index contributed by atoms with van der Waals surface area (Å²) >= 11 is 0. The van der Waals surface area contributed by atoms with E-state index in [0.717, 1.165) is 32.0 Å². The zero-order valence-corrected chi connectivity index (χ0v) is 13.3. The van der Waals surface area contributed by atoms with Crippen LogP contribution in [0.4, 0.5) is 0 Å². The highest BCUT2D eigenvalue weighted by Crippen LogP contribution is 2.27. The maximum atomic E-state index is 11.7. The lowest BCUT2D eigenvalue weighted by atomic mass is 10.1.